The van der Waals surface area contributed by atoms with E-state index in [1.54, 1.807) is 0 Å². The molecule has 0 bridgehead atoms. The number of carbonyl (C=O) groups excluding carboxylic acids is 1. The van der Waals surface area contributed by atoms with Crippen molar-refractivity contribution in [1.29, 1.82) is 0 Å². The zero-order valence-corrected chi connectivity index (χ0v) is 13.4. The highest BCUT2D eigenvalue weighted by Crippen LogP contribution is 2.20. The van der Waals surface area contributed by atoms with Crippen molar-refractivity contribution in [3.8, 4) is 0 Å². The Morgan fingerprint density at radius 2 is 1.64 bits per heavy atom. The Bertz CT molecular complexity index is 891. The Balaban J connectivity index is 1.75. The maximum absolute atomic E-state index is 13.2. The molecule has 5 heteroatoms. The van der Waals surface area contributed by atoms with Crippen molar-refractivity contribution >= 4 is 16.7 Å². The molecule has 0 fully saturated rings. The van der Waals surface area contributed by atoms with Crippen LogP contribution in [0.1, 0.15) is 17.2 Å². The van der Waals surface area contributed by atoms with Crippen LogP contribution in [0.15, 0.2) is 60.7 Å². The minimum atomic E-state index is -0.726. The van der Waals surface area contributed by atoms with Gasteiger partial charge in [-0.1, -0.05) is 36.4 Å². The summed E-state index contributed by atoms with van der Waals surface area (Å²) in [6, 6.07) is 15.8. The molecule has 1 atom stereocenters. The van der Waals surface area contributed by atoms with Gasteiger partial charge in [-0.3, -0.25) is 4.79 Å². The monoisotopic (exact) mass is 341 g/mol. The maximum Gasteiger partial charge on any atom is 0.224 e. The molecule has 0 aliphatic rings. The highest BCUT2D eigenvalue weighted by Gasteiger charge is 2.15. The number of carbonyl (C=O) groups is 1. The van der Waals surface area contributed by atoms with E-state index in [9.17, 15) is 18.7 Å². The quantitative estimate of drug-likeness (QED) is 0.746. The van der Waals surface area contributed by atoms with Gasteiger partial charge in [0.2, 0.25) is 5.91 Å². The highest BCUT2D eigenvalue weighted by atomic mass is 19.1. The molecule has 0 heterocycles. The number of aliphatic hydroxyl groups is 1. The molecule has 3 nitrogen and oxygen atoms in total. The third kappa shape index (κ3) is 4.19. The van der Waals surface area contributed by atoms with E-state index in [-0.39, 0.29) is 18.6 Å². The van der Waals surface area contributed by atoms with Crippen LogP contribution in [0.25, 0.3) is 10.8 Å². The summed E-state index contributed by atoms with van der Waals surface area (Å²) in [6.45, 7) is -0.276. The molecule has 1 amide bonds. The molecular formula is C20H17F2NO2. The lowest BCUT2D eigenvalue weighted by Gasteiger charge is -2.17. The van der Waals surface area contributed by atoms with E-state index in [2.05, 4.69) is 5.32 Å². The van der Waals surface area contributed by atoms with Gasteiger partial charge in [-0.05, 0) is 40.1 Å². The number of halogens is 2. The van der Waals surface area contributed by atoms with Gasteiger partial charge >= 0.3 is 0 Å². The lowest BCUT2D eigenvalue weighted by molar-refractivity contribution is -0.121. The van der Waals surface area contributed by atoms with E-state index in [1.807, 2.05) is 42.5 Å². The van der Waals surface area contributed by atoms with Gasteiger partial charge in [0.1, 0.15) is 11.6 Å². The zero-order valence-electron chi connectivity index (χ0n) is 13.4. The maximum atomic E-state index is 13.2. The number of hydrogen-bond acceptors (Lipinski definition) is 2. The Hall–Kier alpha value is -2.79. The van der Waals surface area contributed by atoms with Crippen LogP contribution in [0, 0.1) is 11.6 Å². The van der Waals surface area contributed by atoms with Crippen LogP contribution in [-0.4, -0.2) is 17.6 Å². The van der Waals surface area contributed by atoms with E-state index >= 15 is 0 Å². The SMILES string of the molecule is O=C(Cc1cc(F)cc(F)c1)NC(CO)c1ccc2ccccc2c1. The molecule has 0 saturated carbocycles. The smallest absolute Gasteiger partial charge is 0.224 e. The van der Waals surface area contributed by atoms with Crippen molar-refractivity contribution in [2.45, 2.75) is 12.5 Å². The van der Waals surface area contributed by atoms with Gasteiger partial charge in [0.05, 0.1) is 19.1 Å². The van der Waals surface area contributed by atoms with Crippen molar-refractivity contribution in [2.75, 3.05) is 6.61 Å². The first-order valence-electron chi connectivity index (χ1n) is 7.89. The highest BCUT2D eigenvalue weighted by molar-refractivity contribution is 5.83. The Kier molecular flexibility index (Phi) is 5.05. The van der Waals surface area contributed by atoms with Gasteiger partial charge in [0.25, 0.3) is 0 Å². The average Bonchev–Trinajstić information content (AvgIpc) is 2.58. The second kappa shape index (κ2) is 7.40. The fourth-order valence-electron chi connectivity index (χ4n) is 2.80. The first kappa shape index (κ1) is 17.0. The van der Waals surface area contributed by atoms with Crippen molar-refractivity contribution in [1.82, 2.24) is 5.32 Å². The standard InChI is InChI=1S/C20H17F2NO2/c21-17-7-13(8-18(22)11-17)9-20(25)23-19(12-24)16-6-5-14-3-1-2-4-15(14)10-16/h1-8,10-11,19,24H,9,12H2,(H,23,25). The number of fused-ring (bicyclic) bond motifs is 1. The molecule has 25 heavy (non-hydrogen) atoms. The van der Waals surface area contributed by atoms with Gasteiger partial charge in [0, 0.05) is 6.07 Å². The van der Waals surface area contributed by atoms with Gasteiger partial charge < -0.3 is 10.4 Å². The van der Waals surface area contributed by atoms with E-state index in [0.717, 1.165) is 34.5 Å². The number of nitrogens with one attached hydrogen (secondary N) is 1. The fourth-order valence-corrected chi connectivity index (χ4v) is 2.80. The minimum Gasteiger partial charge on any atom is -0.394 e. The Labute approximate surface area is 143 Å². The Morgan fingerprint density at radius 3 is 2.32 bits per heavy atom. The average molecular weight is 341 g/mol. The molecule has 0 aliphatic carbocycles. The molecule has 0 spiro atoms. The second-order valence-electron chi connectivity index (χ2n) is 5.86. The molecule has 0 aromatic heterocycles. The van der Waals surface area contributed by atoms with E-state index in [0.29, 0.717) is 0 Å². The summed E-state index contributed by atoms with van der Waals surface area (Å²) in [5.74, 6) is -1.87. The third-order valence-corrected chi connectivity index (χ3v) is 3.98. The lowest BCUT2D eigenvalue weighted by Crippen LogP contribution is -2.32. The summed E-state index contributed by atoms with van der Waals surface area (Å²) >= 11 is 0. The summed E-state index contributed by atoms with van der Waals surface area (Å²) in [7, 11) is 0. The second-order valence-corrected chi connectivity index (χ2v) is 5.86. The zero-order chi connectivity index (χ0) is 17.8. The van der Waals surface area contributed by atoms with E-state index < -0.39 is 23.6 Å². The van der Waals surface area contributed by atoms with Crippen LogP contribution < -0.4 is 5.32 Å². The molecule has 3 aromatic carbocycles. The van der Waals surface area contributed by atoms with Gasteiger partial charge in [-0.2, -0.15) is 0 Å². The first-order valence-corrected chi connectivity index (χ1v) is 7.89. The van der Waals surface area contributed by atoms with Crippen LogP contribution in [-0.2, 0) is 11.2 Å². The lowest BCUT2D eigenvalue weighted by atomic mass is 10.0. The van der Waals surface area contributed by atoms with Gasteiger partial charge in [-0.15, -0.1) is 0 Å². The van der Waals surface area contributed by atoms with E-state index in [4.69, 9.17) is 0 Å². The van der Waals surface area contributed by atoms with Crippen molar-refractivity contribution in [3.63, 3.8) is 0 Å². The summed E-state index contributed by atoms with van der Waals surface area (Å²) in [6.07, 6.45) is -0.168. The van der Waals surface area contributed by atoms with Crippen LogP contribution in [0.3, 0.4) is 0 Å². The number of rotatable bonds is 5. The van der Waals surface area contributed by atoms with Crippen molar-refractivity contribution in [3.05, 3.63) is 83.4 Å². The number of aliphatic hydroxyl groups excluding tert-OH is 1. The van der Waals surface area contributed by atoms with Crippen LogP contribution >= 0.6 is 0 Å². The summed E-state index contributed by atoms with van der Waals surface area (Å²) in [5.41, 5.74) is 1.00. The summed E-state index contributed by atoms with van der Waals surface area (Å²) in [5, 5.41) is 14.4. The molecule has 128 valence electrons. The predicted octanol–water partition coefficient (Wildman–Crippen LogP) is 3.51. The number of hydrogen-bond donors (Lipinski definition) is 2. The van der Waals surface area contributed by atoms with Crippen LogP contribution in [0.5, 0.6) is 0 Å². The first-order chi connectivity index (χ1) is 12.0. The molecule has 2 N–H and O–H groups in total. The molecule has 3 rings (SSSR count). The predicted molar refractivity (Wildman–Crippen MR) is 92.0 cm³/mol. The third-order valence-electron chi connectivity index (χ3n) is 3.98. The minimum absolute atomic E-state index is 0.168. The molecule has 0 aliphatic heterocycles. The summed E-state index contributed by atoms with van der Waals surface area (Å²) in [4.78, 5) is 12.2. The largest absolute Gasteiger partial charge is 0.394 e. The van der Waals surface area contributed by atoms with Crippen molar-refractivity contribution < 1.29 is 18.7 Å². The topological polar surface area (TPSA) is 49.3 Å². The molecule has 0 radical (unpaired) electrons. The molecular weight excluding hydrogens is 324 g/mol. The van der Waals surface area contributed by atoms with Gasteiger partial charge in [-0.25, -0.2) is 8.78 Å². The summed E-state index contributed by atoms with van der Waals surface area (Å²) < 4.78 is 26.4. The van der Waals surface area contributed by atoms with Crippen LogP contribution in [0.2, 0.25) is 0 Å². The van der Waals surface area contributed by atoms with Crippen LogP contribution in [0.4, 0.5) is 8.78 Å². The molecule has 1 unspecified atom stereocenters. The Morgan fingerprint density at radius 1 is 0.960 bits per heavy atom. The fraction of sp³-hybridized carbons (Fsp3) is 0.150. The van der Waals surface area contributed by atoms with E-state index in [1.165, 1.54) is 0 Å². The molecule has 0 saturated heterocycles. The molecule has 3 aromatic rings. The van der Waals surface area contributed by atoms with Crippen molar-refractivity contribution in [2.24, 2.45) is 0 Å². The number of amides is 1. The van der Waals surface area contributed by atoms with Gasteiger partial charge in [0.15, 0.2) is 0 Å². The number of benzene rings is 3. The normalized spacial score (nSPS) is 12.1.